The second-order valence-corrected chi connectivity index (χ2v) is 9.25. The lowest BCUT2D eigenvalue weighted by molar-refractivity contribution is 0.619. The average Bonchev–Trinajstić information content (AvgIpc) is 3.34. The van der Waals surface area contributed by atoms with E-state index in [2.05, 4.69) is 42.5 Å². The van der Waals surface area contributed by atoms with Crippen molar-refractivity contribution in [2.75, 3.05) is 0 Å². The second kappa shape index (κ2) is 8.64. The van der Waals surface area contributed by atoms with E-state index in [0.29, 0.717) is 12.4 Å². The van der Waals surface area contributed by atoms with Crippen molar-refractivity contribution in [2.24, 2.45) is 0 Å². The van der Waals surface area contributed by atoms with Crippen molar-refractivity contribution >= 4 is 44.8 Å². The molecule has 5 rings (SSSR count). The summed E-state index contributed by atoms with van der Waals surface area (Å²) in [4.78, 5) is 5.81. The Hall–Kier alpha value is -2.60. The van der Waals surface area contributed by atoms with E-state index in [1.807, 2.05) is 47.1 Å². The lowest BCUT2D eigenvalue weighted by atomic mass is 10.2. The maximum Gasteiger partial charge on any atom is 0.193 e. The predicted octanol–water partition coefficient (Wildman–Crippen LogP) is 7.15. The van der Waals surface area contributed by atoms with Crippen LogP contribution in [0.1, 0.15) is 11.1 Å². The molecule has 6 heteroatoms. The van der Waals surface area contributed by atoms with Crippen molar-refractivity contribution in [3.8, 4) is 10.7 Å². The largest absolute Gasteiger partial charge is 0.236 e. The third-order valence-electron chi connectivity index (χ3n) is 4.76. The van der Waals surface area contributed by atoms with E-state index in [9.17, 15) is 0 Å². The third kappa shape index (κ3) is 4.01. The minimum absolute atomic E-state index is 0.674. The number of thiophene rings is 1. The lowest BCUT2D eigenvalue weighted by Gasteiger charge is -2.05. The number of rotatable bonds is 6. The Morgan fingerprint density at radius 2 is 1.50 bits per heavy atom. The number of fused-ring (bicyclic) bond motifs is 1. The smallest absolute Gasteiger partial charge is 0.193 e. The van der Waals surface area contributed by atoms with Gasteiger partial charge in [-0.05, 0) is 17.2 Å². The normalized spacial score (nSPS) is 11.2. The third-order valence-corrected chi connectivity index (χ3v) is 7.47. The van der Waals surface area contributed by atoms with Gasteiger partial charge in [-0.15, -0.1) is 16.4 Å². The fourth-order valence-corrected chi connectivity index (χ4v) is 5.61. The van der Waals surface area contributed by atoms with Gasteiger partial charge in [0.25, 0.3) is 0 Å². The molecule has 0 amide bonds. The molecule has 0 saturated heterocycles. The van der Waals surface area contributed by atoms with Crippen molar-refractivity contribution in [2.45, 2.75) is 17.5 Å². The van der Waals surface area contributed by atoms with Crippen LogP contribution in [0.4, 0.5) is 0 Å². The number of hydrogen-bond donors (Lipinski definition) is 0. The van der Waals surface area contributed by atoms with Crippen LogP contribution < -0.4 is 0 Å². The zero-order valence-electron chi connectivity index (χ0n) is 16.0. The van der Waals surface area contributed by atoms with Crippen LogP contribution in [0.15, 0.2) is 90.1 Å². The van der Waals surface area contributed by atoms with E-state index in [-0.39, 0.29) is 0 Å². The zero-order valence-corrected chi connectivity index (χ0v) is 18.4. The number of thioether (sulfide) groups is 1. The highest BCUT2D eigenvalue weighted by Gasteiger charge is 2.19. The Kier molecular flexibility index (Phi) is 5.58. The summed E-state index contributed by atoms with van der Waals surface area (Å²) >= 11 is 10.0. The highest BCUT2D eigenvalue weighted by molar-refractivity contribution is 7.98. The molecular weight excluding hydrogens is 430 g/mol. The molecule has 148 valence electrons. The first kappa shape index (κ1) is 19.4. The van der Waals surface area contributed by atoms with Crippen molar-refractivity contribution in [3.05, 3.63) is 101 Å². The van der Waals surface area contributed by atoms with Gasteiger partial charge in [-0.3, -0.25) is 0 Å². The summed E-state index contributed by atoms with van der Waals surface area (Å²) in [5.74, 6) is 1.53. The topological polar surface area (TPSA) is 30.7 Å². The SMILES string of the molecule is Clc1c(-c2nc(SCc3ccccc3)n(Cc3ccccc3)n2)sc2ccccc12. The van der Waals surface area contributed by atoms with Gasteiger partial charge in [-0.1, -0.05) is 102 Å². The number of aromatic nitrogens is 3. The average molecular weight is 448 g/mol. The van der Waals surface area contributed by atoms with Gasteiger partial charge >= 0.3 is 0 Å². The zero-order chi connectivity index (χ0) is 20.3. The van der Waals surface area contributed by atoms with Crippen LogP contribution >= 0.6 is 34.7 Å². The predicted molar refractivity (Wildman–Crippen MR) is 127 cm³/mol. The van der Waals surface area contributed by atoms with Crippen LogP contribution in [0.25, 0.3) is 20.8 Å². The highest BCUT2D eigenvalue weighted by Crippen LogP contribution is 2.41. The Labute approximate surface area is 188 Å². The Morgan fingerprint density at radius 1 is 0.833 bits per heavy atom. The first-order valence-electron chi connectivity index (χ1n) is 9.61. The van der Waals surface area contributed by atoms with E-state index >= 15 is 0 Å². The Balaban J connectivity index is 1.52. The Bertz CT molecular complexity index is 1280. The second-order valence-electron chi connectivity index (χ2n) is 6.88. The number of nitrogens with zero attached hydrogens (tertiary/aromatic N) is 3. The van der Waals surface area contributed by atoms with Crippen LogP contribution in [0.2, 0.25) is 5.02 Å². The quantitative estimate of drug-likeness (QED) is 0.259. The number of hydrogen-bond acceptors (Lipinski definition) is 4. The molecular formula is C24H18ClN3S2. The summed E-state index contributed by atoms with van der Waals surface area (Å²) in [7, 11) is 0. The van der Waals surface area contributed by atoms with Crippen molar-refractivity contribution in [1.29, 1.82) is 0 Å². The van der Waals surface area contributed by atoms with Crippen LogP contribution in [0, 0.1) is 0 Å². The summed E-state index contributed by atoms with van der Waals surface area (Å²) < 4.78 is 3.13. The van der Waals surface area contributed by atoms with Gasteiger partial charge in [0, 0.05) is 15.8 Å². The summed E-state index contributed by atoms with van der Waals surface area (Å²) in [5.41, 5.74) is 2.45. The van der Waals surface area contributed by atoms with E-state index in [4.69, 9.17) is 21.7 Å². The van der Waals surface area contributed by atoms with E-state index in [1.165, 1.54) is 11.1 Å². The van der Waals surface area contributed by atoms with Crippen LogP contribution in [0.5, 0.6) is 0 Å². The summed E-state index contributed by atoms with van der Waals surface area (Å²) in [6.45, 7) is 0.674. The van der Waals surface area contributed by atoms with Crippen molar-refractivity contribution < 1.29 is 0 Å². The molecule has 0 spiro atoms. The number of halogens is 1. The molecule has 0 bridgehead atoms. The molecule has 3 nitrogen and oxygen atoms in total. The van der Waals surface area contributed by atoms with Gasteiger partial charge in [0.15, 0.2) is 11.0 Å². The van der Waals surface area contributed by atoms with Gasteiger partial charge in [0.05, 0.1) is 16.4 Å². The van der Waals surface area contributed by atoms with Gasteiger partial charge < -0.3 is 0 Å². The maximum absolute atomic E-state index is 6.70. The van der Waals surface area contributed by atoms with Gasteiger partial charge in [-0.25, -0.2) is 4.68 Å². The van der Waals surface area contributed by atoms with Gasteiger partial charge in [-0.2, -0.15) is 4.98 Å². The Morgan fingerprint density at radius 3 is 2.23 bits per heavy atom. The molecule has 0 saturated carbocycles. The maximum atomic E-state index is 6.70. The summed E-state index contributed by atoms with van der Waals surface area (Å²) in [6, 6.07) is 28.9. The first-order chi connectivity index (χ1) is 14.8. The van der Waals surface area contributed by atoms with Gasteiger partial charge in [0.2, 0.25) is 0 Å². The molecule has 2 aromatic heterocycles. The number of benzene rings is 3. The van der Waals surface area contributed by atoms with Crippen LogP contribution in [-0.4, -0.2) is 14.8 Å². The summed E-state index contributed by atoms with van der Waals surface area (Å²) in [6.07, 6.45) is 0. The van der Waals surface area contributed by atoms with E-state index < -0.39 is 0 Å². The monoisotopic (exact) mass is 447 g/mol. The van der Waals surface area contributed by atoms with E-state index in [1.54, 1.807) is 23.1 Å². The molecule has 0 aliphatic heterocycles. The molecule has 0 aliphatic rings. The molecule has 3 aromatic carbocycles. The molecule has 30 heavy (non-hydrogen) atoms. The van der Waals surface area contributed by atoms with Crippen LogP contribution in [0.3, 0.4) is 0 Å². The molecule has 0 N–H and O–H groups in total. The lowest BCUT2D eigenvalue weighted by Crippen LogP contribution is -2.03. The fourth-order valence-electron chi connectivity index (χ4n) is 3.27. The minimum atomic E-state index is 0.674. The molecule has 5 aromatic rings. The van der Waals surface area contributed by atoms with Crippen molar-refractivity contribution in [3.63, 3.8) is 0 Å². The molecule has 0 unspecified atom stereocenters. The molecule has 2 heterocycles. The molecule has 0 aliphatic carbocycles. The van der Waals surface area contributed by atoms with Crippen molar-refractivity contribution in [1.82, 2.24) is 14.8 Å². The summed E-state index contributed by atoms with van der Waals surface area (Å²) in [5, 5.41) is 7.53. The highest BCUT2D eigenvalue weighted by atomic mass is 35.5. The molecule has 0 fully saturated rings. The fraction of sp³-hybridized carbons (Fsp3) is 0.0833. The molecule has 0 atom stereocenters. The van der Waals surface area contributed by atoms with E-state index in [0.717, 1.165) is 30.9 Å². The minimum Gasteiger partial charge on any atom is -0.236 e. The first-order valence-corrected chi connectivity index (χ1v) is 11.8. The van der Waals surface area contributed by atoms with Gasteiger partial charge in [0.1, 0.15) is 0 Å². The standard InChI is InChI=1S/C24H18ClN3S2/c25-21-19-13-7-8-14-20(19)30-22(21)23-26-24(29-16-18-11-5-2-6-12-18)28(27-23)15-17-9-3-1-4-10-17/h1-14H,15-16H2. The van der Waals surface area contributed by atoms with Crippen LogP contribution in [-0.2, 0) is 12.3 Å². The molecule has 0 radical (unpaired) electrons.